The summed E-state index contributed by atoms with van der Waals surface area (Å²) in [6.07, 6.45) is 1.75. The quantitative estimate of drug-likeness (QED) is 0.668. The molecule has 1 aromatic heterocycles. The van der Waals surface area contributed by atoms with Crippen molar-refractivity contribution >= 4 is 16.5 Å². The van der Waals surface area contributed by atoms with Crippen LogP contribution in [0.15, 0.2) is 35.3 Å². The molecule has 1 aromatic carbocycles. The van der Waals surface area contributed by atoms with Gasteiger partial charge in [-0.2, -0.15) is 0 Å². The lowest BCUT2D eigenvalue weighted by Gasteiger charge is -2.01. The lowest BCUT2D eigenvalue weighted by Crippen LogP contribution is -2.15. The predicted molar refractivity (Wildman–Crippen MR) is 64.9 cm³/mol. The number of rotatable bonds is 0. The third kappa shape index (κ3) is 2.18. The molecule has 0 spiro atoms. The molecule has 15 heavy (non-hydrogen) atoms. The Labute approximate surface area is 89.1 Å². The van der Waals surface area contributed by atoms with Gasteiger partial charge in [0.05, 0.1) is 0 Å². The monoisotopic (exact) mass is 204 g/mol. The van der Waals surface area contributed by atoms with E-state index in [1.165, 1.54) is 0 Å². The largest absolute Gasteiger partial charge is 0.399 e. The van der Waals surface area contributed by atoms with Crippen molar-refractivity contribution in [3.8, 4) is 0 Å². The first-order chi connectivity index (χ1) is 7.18. The lowest BCUT2D eigenvalue weighted by molar-refractivity contribution is 0.873. The smallest absolute Gasteiger partial charge is 0.258 e. The highest BCUT2D eigenvalue weighted by Crippen LogP contribution is 2.12. The Hall–Kier alpha value is -1.77. The minimum absolute atomic E-state index is 0.00944. The highest BCUT2D eigenvalue weighted by atomic mass is 16.1. The van der Waals surface area contributed by atoms with Gasteiger partial charge < -0.3 is 10.3 Å². The molecular weight excluding hydrogens is 188 g/mol. The Balaban J connectivity index is 0.000000531. The number of aromatic nitrogens is 1. The van der Waals surface area contributed by atoms with E-state index in [-0.39, 0.29) is 5.56 Å². The van der Waals surface area contributed by atoms with Gasteiger partial charge in [-0.15, -0.1) is 0 Å². The molecule has 1 heterocycles. The average Bonchev–Trinajstić information content (AvgIpc) is 2.27. The zero-order valence-electron chi connectivity index (χ0n) is 9.32. The number of nitrogen functional groups attached to an aromatic ring is 1. The van der Waals surface area contributed by atoms with Crippen LogP contribution >= 0.6 is 0 Å². The van der Waals surface area contributed by atoms with Crippen molar-refractivity contribution in [2.45, 2.75) is 13.8 Å². The fourth-order valence-electron chi connectivity index (χ4n) is 1.35. The molecule has 80 valence electrons. The van der Waals surface area contributed by atoms with E-state index >= 15 is 0 Å². The van der Waals surface area contributed by atoms with Crippen LogP contribution in [0.25, 0.3) is 10.8 Å². The molecule has 2 rings (SSSR count). The second kappa shape index (κ2) is 4.64. The van der Waals surface area contributed by atoms with E-state index in [4.69, 9.17) is 5.73 Å². The van der Waals surface area contributed by atoms with Gasteiger partial charge in [-0.05, 0) is 23.6 Å². The van der Waals surface area contributed by atoms with Gasteiger partial charge in [0, 0.05) is 24.3 Å². The third-order valence-corrected chi connectivity index (χ3v) is 2.11. The summed E-state index contributed by atoms with van der Waals surface area (Å²) in [5.41, 5.74) is 6.21. The van der Waals surface area contributed by atoms with Crippen molar-refractivity contribution < 1.29 is 0 Å². The van der Waals surface area contributed by atoms with Gasteiger partial charge in [0.15, 0.2) is 0 Å². The molecule has 0 aliphatic rings. The summed E-state index contributed by atoms with van der Waals surface area (Å²) in [5.74, 6) is 0. The number of hydrogen-bond donors (Lipinski definition) is 1. The van der Waals surface area contributed by atoms with E-state index in [9.17, 15) is 4.79 Å². The maximum Gasteiger partial charge on any atom is 0.258 e. The highest BCUT2D eigenvalue weighted by Gasteiger charge is 1.99. The van der Waals surface area contributed by atoms with E-state index in [1.807, 2.05) is 26.0 Å². The first kappa shape index (κ1) is 11.3. The zero-order valence-corrected chi connectivity index (χ0v) is 9.32. The number of nitrogens with zero attached hydrogens (tertiary/aromatic N) is 1. The first-order valence-electron chi connectivity index (χ1n) is 5.03. The molecule has 0 saturated heterocycles. The molecule has 0 bridgehead atoms. The molecule has 0 aliphatic heterocycles. The molecule has 0 atom stereocenters. The fraction of sp³-hybridized carbons (Fsp3) is 0.250. The van der Waals surface area contributed by atoms with Crippen molar-refractivity contribution in [1.82, 2.24) is 4.57 Å². The van der Waals surface area contributed by atoms with Crippen LogP contribution in [0, 0.1) is 0 Å². The van der Waals surface area contributed by atoms with Crippen LogP contribution in [0.5, 0.6) is 0 Å². The number of anilines is 1. The van der Waals surface area contributed by atoms with Crippen molar-refractivity contribution in [1.29, 1.82) is 0 Å². The number of benzene rings is 1. The molecule has 2 aromatic rings. The maximum atomic E-state index is 11.6. The van der Waals surface area contributed by atoms with Crippen LogP contribution in [-0.2, 0) is 7.05 Å². The molecule has 0 amide bonds. The van der Waals surface area contributed by atoms with E-state index in [0.717, 1.165) is 5.39 Å². The van der Waals surface area contributed by atoms with E-state index in [0.29, 0.717) is 11.1 Å². The Bertz CT molecular complexity index is 509. The zero-order chi connectivity index (χ0) is 11.4. The van der Waals surface area contributed by atoms with Gasteiger partial charge in [-0.3, -0.25) is 4.79 Å². The number of hydrogen-bond acceptors (Lipinski definition) is 2. The minimum atomic E-state index is -0.00944. The summed E-state index contributed by atoms with van der Waals surface area (Å²) >= 11 is 0. The third-order valence-electron chi connectivity index (χ3n) is 2.11. The van der Waals surface area contributed by atoms with E-state index < -0.39 is 0 Å². The van der Waals surface area contributed by atoms with Crippen LogP contribution in [0.4, 0.5) is 5.69 Å². The lowest BCUT2D eigenvalue weighted by atomic mass is 10.1. The molecule has 0 fully saturated rings. The summed E-state index contributed by atoms with van der Waals surface area (Å²) in [7, 11) is 1.73. The van der Waals surface area contributed by atoms with Crippen LogP contribution in [-0.4, -0.2) is 4.57 Å². The normalized spacial score (nSPS) is 9.53. The van der Waals surface area contributed by atoms with Gasteiger partial charge in [-0.1, -0.05) is 19.9 Å². The Kier molecular flexibility index (Phi) is 3.50. The molecule has 2 N–H and O–H groups in total. The molecule has 0 aliphatic carbocycles. The Morgan fingerprint density at radius 3 is 2.53 bits per heavy atom. The van der Waals surface area contributed by atoms with Gasteiger partial charge in [-0.25, -0.2) is 0 Å². The van der Waals surface area contributed by atoms with Crippen molar-refractivity contribution in [3.05, 3.63) is 40.8 Å². The predicted octanol–water partition coefficient (Wildman–Crippen LogP) is 2.15. The standard InChI is InChI=1S/C10H10N2O.C2H6/c1-12-5-4-7-2-3-8(11)6-9(7)10(12)13;1-2/h2-6H,11H2,1H3;1-2H3. The number of aryl methyl sites for hydroxylation is 1. The Morgan fingerprint density at radius 1 is 1.20 bits per heavy atom. The molecule has 0 unspecified atom stereocenters. The molecule has 0 radical (unpaired) electrons. The van der Waals surface area contributed by atoms with E-state index in [1.54, 1.807) is 29.9 Å². The highest BCUT2D eigenvalue weighted by molar-refractivity contribution is 5.84. The summed E-state index contributed by atoms with van der Waals surface area (Å²) in [4.78, 5) is 11.6. The Morgan fingerprint density at radius 2 is 1.87 bits per heavy atom. The SMILES string of the molecule is CC.Cn1ccc2ccc(N)cc2c1=O. The van der Waals surface area contributed by atoms with Crippen molar-refractivity contribution in [2.24, 2.45) is 7.05 Å². The second-order valence-corrected chi connectivity index (χ2v) is 3.08. The molecule has 0 saturated carbocycles. The topological polar surface area (TPSA) is 48.0 Å². The van der Waals surface area contributed by atoms with Gasteiger partial charge in [0.2, 0.25) is 0 Å². The van der Waals surface area contributed by atoms with Crippen LogP contribution < -0.4 is 11.3 Å². The van der Waals surface area contributed by atoms with Gasteiger partial charge in [0.25, 0.3) is 5.56 Å². The number of fused-ring (bicyclic) bond motifs is 1. The molecule has 3 heteroatoms. The average molecular weight is 204 g/mol. The molecule has 3 nitrogen and oxygen atoms in total. The fourth-order valence-corrected chi connectivity index (χ4v) is 1.35. The summed E-state index contributed by atoms with van der Waals surface area (Å²) in [6, 6.07) is 7.25. The van der Waals surface area contributed by atoms with Crippen LogP contribution in [0.2, 0.25) is 0 Å². The van der Waals surface area contributed by atoms with Crippen LogP contribution in [0.3, 0.4) is 0 Å². The summed E-state index contributed by atoms with van der Waals surface area (Å²) in [6.45, 7) is 4.00. The number of nitrogens with two attached hydrogens (primary N) is 1. The maximum absolute atomic E-state index is 11.6. The summed E-state index contributed by atoms with van der Waals surface area (Å²) in [5, 5.41) is 1.60. The summed E-state index contributed by atoms with van der Waals surface area (Å²) < 4.78 is 1.54. The van der Waals surface area contributed by atoms with Gasteiger partial charge in [0.1, 0.15) is 0 Å². The minimum Gasteiger partial charge on any atom is -0.399 e. The molecular formula is C12H16N2O. The van der Waals surface area contributed by atoms with E-state index in [2.05, 4.69) is 0 Å². The second-order valence-electron chi connectivity index (χ2n) is 3.08. The van der Waals surface area contributed by atoms with Gasteiger partial charge >= 0.3 is 0 Å². The van der Waals surface area contributed by atoms with Crippen molar-refractivity contribution in [2.75, 3.05) is 5.73 Å². The van der Waals surface area contributed by atoms with Crippen LogP contribution in [0.1, 0.15) is 13.8 Å². The number of pyridine rings is 1. The first-order valence-corrected chi connectivity index (χ1v) is 5.03. The van der Waals surface area contributed by atoms with Crippen molar-refractivity contribution in [3.63, 3.8) is 0 Å².